The normalized spacial score (nSPS) is 10.4. The Hall–Kier alpha value is -1.08. The van der Waals surface area contributed by atoms with Crippen molar-refractivity contribution in [2.24, 2.45) is 0 Å². The molecule has 0 N–H and O–H groups in total. The third-order valence-electron chi connectivity index (χ3n) is 2.12. The van der Waals surface area contributed by atoms with E-state index in [1.165, 1.54) is 0 Å². The van der Waals surface area contributed by atoms with Crippen molar-refractivity contribution in [3.05, 3.63) is 0 Å². The third kappa shape index (κ3) is 4.83. The van der Waals surface area contributed by atoms with Gasteiger partial charge in [-0.3, -0.25) is 9.69 Å². The summed E-state index contributed by atoms with van der Waals surface area (Å²) in [7, 11) is 3.48. The first kappa shape index (κ1) is 12.9. The van der Waals surface area contributed by atoms with Gasteiger partial charge in [0.15, 0.2) is 0 Å². The summed E-state index contributed by atoms with van der Waals surface area (Å²) in [6.45, 7) is 5.09. The molecule has 4 nitrogen and oxygen atoms in total. The molecule has 0 aliphatic rings. The quantitative estimate of drug-likeness (QED) is 0.609. The second-order valence-corrected chi connectivity index (χ2v) is 3.76. The second kappa shape index (κ2) is 6.39. The van der Waals surface area contributed by atoms with E-state index in [1.54, 1.807) is 19.0 Å². The first-order valence-electron chi connectivity index (χ1n) is 4.80. The molecule has 14 heavy (non-hydrogen) atoms. The largest absolute Gasteiger partial charge is 0.349 e. The lowest BCUT2D eigenvalue weighted by atomic mass is 10.2. The Kier molecular flexibility index (Phi) is 5.89. The van der Waals surface area contributed by atoms with Crippen molar-refractivity contribution in [2.45, 2.75) is 26.3 Å². The molecule has 0 bridgehead atoms. The fourth-order valence-electron chi connectivity index (χ4n) is 1.07. The highest BCUT2D eigenvalue weighted by molar-refractivity contribution is 5.75. The van der Waals surface area contributed by atoms with Gasteiger partial charge in [0.05, 0.1) is 12.6 Å². The molecule has 0 heterocycles. The molecule has 0 saturated carbocycles. The Labute approximate surface area is 86.1 Å². The predicted molar refractivity (Wildman–Crippen MR) is 55.6 cm³/mol. The minimum Gasteiger partial charge on any atom is -0.349 e. The summed E-state index contributed by atoms with van der Waals surface area (Å²) < 4.78 is 0. The van der Waals surface area contributed by atoms with E-state index in [-0.39, 0.29) is 5.91 Å². The minimum absolute atomic E-state index is 0.105. The average molecular weight is 197 g/mol. The molecule has 0 spiro atoms. The van der Waals surface area contributed by atoms with Gasteiger partial charge < -0.3 is 4.90 Å². The number of carbonyl (C=O) groups is 1. The molecule has 0 aromatic rings. The van der Waals surface area contributed by atoms with Crippen LogP contribution in [0.1, 0.15) is 20.3 Å². The van der Waals surface area contributed by atoms with Gasteiger partial charge in [-0.1, -0.05) is 0 Å². The summed E-state index contributed by atoms with van der Waals surface area (Å²) in [5.74, 6) is 0.105. The number of rotatable bonds is 5. The van der Waals surface area contributed by atoms with E-state index in [2.05, 4.69) is 6.07 Å². The number of nitriles is 1. The fourth-order valence-corrected chi connectivity index (χ4v) is 1.07. The van der Waals surface area contributed by atoms with Crippen LogP contribution in [0.25, 0.3) is 0 Å². The van der Waals surface area contributed by atoms with Crippen molar-refractivity contribution in [3.8, 4) is 6.07 Å². The smallest absolute Gasteiger partial charge is 0.223 e. The lowest BCUT2D eigenvalue weighted by Gasteiger charge is -2.23. The van der Waals surface area contributed by atoms with E-state index < -0.39 is 0 Å². The molecule has 0 aromatic heterocycles. The SMILES string of the molecule is CC(C)N(CC#N)CCC(=O)N(C)C. The van der Waals surface area contributed by atoms with Crippen molar-refractivity contribution in [1.82, 2.24) is 9.80 Å². The molecule has 0 fully saturated rings. The zero-order valence-corrected chi connectivity index (χ0v) is 9.45. The summed E-state index contributed by atoms with van der Waals surface area (Å²) in [6.07, 6.45) is 0.479. The Balaban J connectivity index is 3.95. The highest BCUT2D eigenvalue weighted by atomic mass is 16.2. The van der Waals surface area contributed by atoms with Gasteiger partial charge in [0.25, 0.3) is 0 Å². The molecule has 0 aliphatic carbocycles. The number of amides is 1. The number of hydrogen-bond acceptors (Lipinski definition) is 3. The van der Waals surface area contributed by atoms with Gasteiger partial charge in [0.1, 0.15) is 0 Å². The van der Waals surface area contributed by atoms with Crippen LogP contribution in [0, 0.1) is 11.3 Å². The molecule has 0 rings (SSSR count). The Morgan fingerprint density at radius 1 is 1.43 bits per heavy atom. The van der Waals surface area contributed by atoms with Gasteiger partial charge in [-0.2, -0.15) is 5.26 Å². The van der Waals surface area contributed by atoms with E-state index in [0.717, 1.165) is 0 Å². The fraction of sp³-hybridized carbons (Fsp3) is 0.800. The van der Waals surface area contributed by atoms with Gasteiger partial charge in [-0.15, -0.1) is 0 Å². The van der Waals surface area contributed by atoms with Crippen molar-refractivity contribution >= 4 is 5.91 Å². The summed E-state index contributed by atoms with van der Waals surface area (Å²) >= 11 is 0. The number of hydrogen-bond donors (Lipinski definition) is 0. The lowest BCUT2D eigenvalue weighted by molar-refractivity contribution is -0.129. The van der Waals surface area contributed by atoms with Crippen LogP contribution in [0.15, 0.2) is 0 Å². The van der Waals surface area contributed by atoms with E-state index in [0.29, 0.717) is 25.6 Å². The molecule has 4 heteroatoms. The highest BCUT2D eigenvalue weighted by Gasteiger charge is 2.11. The maximum Gasteiger partial charge on any atom is 0.223 e. The monoisotopic (exact) mass is 197 g/mol. The van der Waals surface area contributed by atoms with Crippen LogP contribution in [0.4, 0.5) is 0 Å². The topological polar surface area (TPSA) is 47.3 Å². The Bertz CT molecular complexity index is 218. The molecule has 0 atom stereocenters. The molecule has 0 unspecified atom stereocenters. The van der Waals surface area contributed by atoms with Crippen LogP contribution in [0.3, 0.4) is 0 Å². The van der Waals surface area contributed by atoms with Crippen LogP contribution < -0.4 is 0 Å². The molecule has 0 aromatic carbocycles. The molecular weight excluding hydrogens is 178 g/mol. The van der Waals surface area contributed by atoms with Crippen LogP contribution in [0.2, 0.25) is 0 Å². The van der Waals surface area contributed by atoms with Gasteiger partial charge in [0, 0.05) is 33.1 Å². The van der Waals surface area contributed by atoms with E-state index in [4.69, 9.17) is 5.26 Å². The molecular formula is C10H19N3O. The third-order valence-corrected chi connectivity index (χ3v) is 2.12. The maximum absolute atomic E-state index is 11.3. The van der Waals surface area contributed by atoms with Crippen LogP contribution in [-0.4, -0.2) is 48.9 Å². The van der Waals surface area contributed by atoms with E-state index in [1.807, 2.05) is 18.7 Å². The lowest BCUT2D eigenvalue weighted by Crippen LogP contribution is -2.35. The van der Waals surface area contributed by atoms with Crippen LogP contribution in [-0.2, 0) is 4.79 Å². The highest BCUT2D eigenvalue weighted by Crippen LogP contribution is 1.99. The first-order chi connectivity index (χ1) is 6.49. The molecule has 0 radical (unpaired) electrons. The summed E-state index contributed by atoms with van der Waals surface area (Å²) in [4.78, 5) is 14.9. The number of nitrogens with zero attached hydrogens (tertiary/aromatic N) is 3. The van der Waals surface area contributed by atoms with Crippen molar-refractivity contribution in [3.63, 3.8) is 0 Å². The molecule has 0 aliphatic heterocycles. The summed E-state index contributed by atoms with van der Waals surface area (Å²) in [5, 5.41) is 8.57. The van der Waals surface area contributed by atoms with E-state index in [9.17, 15) is 4.79 Å². The van der Waals surface area contributed by atoms with Crippen LogP contribution >= 0.6 is 0 Å². The van der Waals surface area contributed by atoms with Crippen molar-refractivity contribution in [2.75, 3.05) is 27.2 Å². The van der Waals surface area contributed by atoms with E-state index >= 15 is 0 Å². The average Bonchev–Trinajstić information content (AvgIpc) is 2.10. The zero-order valence-electron chi connectivity index (χ0n) is 9.45. The number of carbonyl (C=O) groups excluding carboxylic acids is 1. The maximum atomic E-state index is 11.3. The van der Waals surface area contributed by atoms with Crippen molar-refractivity contribution < 1.29 is 4.79 Å². The van der Waals surface area contributed by atoms with Gasteiger partial charge >= 0.3 is 0 Å². The first-order valence-corrected chi connectivity index (χ1v) is 4.80. The Morgan fingerprint density at radius 3 is 2.36 bits per heavy atom. The van der Waals surface area contributed by atoms with Crippen LogP contribution in [0.5, 0.6) is 0 Å². The molecule has 0 saturated heterocycles. The van der Waals surface area contributed by atoms with Crippen molar-refractivity contribution in [1.29, 1.82) is 5.26 Å². The molecule has 1 amide bonds. The van der Waals surface area contributed by atoms with Gasteiger partial charge in [-0.25, -0.2) is 0 Å². The van der Waals surface area contributed by atoms with Gasteiger partial charge in [-0.05, 0) is 13.8 Å². The second-order valence-electron chi connectivity index (χ2n) is 3.76. The standard InChI is InChI=1S/C10H19N3O/c1-9(2)13(8-6-11)7-5-10(14)12(3)4/h9H,5,7-8H2,1-4H3. The predicted octanol–water partition coefficient (Wildman–Crippen LogP) is 0.699. The van der Waals surface area contributed by atoms with Gasteiger partial charge in [0.2, 0.25) is 5.91 Å². The zero-order chi connectivity index (χ0) is 11.1. The Morgan fingerprint density at radius 2 is 2.00 bits per heavy atom. The molecule has 80 valence electrons. The summed E-state index contributed by atoms with van der Waals surface area (Å²) in [5.41, 5.74) is 0. The minimum atomic E-state index is 0.105. The summed E-state index contributed by atoms with van der Waals surface area (Å²) in [6, 6.07) is 2.41.